The molecule has 4 nitrogen and oxygen atoms in total. The molecule has 0 unspecified atom stereocenters. The molecule has 3 rings (SSSR count). The van der Waals surface area contributed by atoms with Gasteiger partial charge < -0.3 is 0 Å². The van der Waals surface area contributed by atoms with Crippen LogP contribution in [-0.2, 0) is 21.2 Å². The fourth-order valence-electron chi connectivity index (χ4n) is 2.13. The molecule has 0 spiro atoms. The second kappa shape index (κ2) is 4.72. The average Bonchev–Trinajstić information content (AvgIpc) is 3.23. The highest BCUT2D eigenvalue weighted by molar-refractivity contribution is 7.89. The van der Waals surface area contributed by atoms with Gasteiger partial charge in [-0.05, 0) is 37.3 Å². The predicted molar refractivity (Wildman–Crippen MR) is 71.2 cm³/mol. The molecule has 5 heteroatoms. The number of carbonyl (C=O) groups is 1. The molecule has 0 aromatic heterocycles. The van der Waals surface area contributed by atoms with Crippen molar-refractivity contribution in [3.63, 3.8) is 0 Å². The number of sulfonamides is 1. The summed E-state index contributed by atoms with van der Waals surface area (Å²) in [5, 5.41) is 0. The van der Waals surface area contributed by atoms with Gasteiger partial charge in [0, 0.05) is 18.4 Å². The van der Waals surface area contributed by atoms with Crippen LogP contribution in [0, 0.1) is 5.92 Å². The summed E-state index contributed by atoms with van der Waals surface area (Å²) in [6.45, 7) is 0. The number of Topliss-reactive ketones (excluding diaryl/α,β-unsaturated/α-hetero) is 1. The van der Waals surface area contributed by atoms with Gasteiger partial charge in [-0.15, -0.1) is 0 Å². The van der Waals surface area contributed by atoms with E-state index in [0.717, 1.165) is 25.7 Å². The second-order valence-electron chi connectivity index (χ2n) is 5.42. The predicted octanol–water partition coefficient (Wildman–Crippen LogP) is 1.65. The van der Waals surface area contributed by atoms with E-state index in [-0.39, 0.29) is 29.1 Å². The highest BCUT2D eigenvalue weighted by Crippen LogP contribution is 2.32. The third kappa shape index (κ3) is 3.04. The maximum absolute atomic E-state index is 12.2. The van der Waals surface area contributed by atoms with Crippen LogP contribution in [0.5, 0.6) is 0 Å². The summed E-state index contributed by atoms with van der Waals surface area (Å²) in [7, 11) is -3.48. The van der Waals surface area contributed by atoms with E-state index < -0.39 is 10.0 Å². The van der Waals surface area contributed by atoms with Crippen LogP contribution in [0.2, 0.25) is 0 Å². The number of carbonyl (C=O) groups excluding carboxylic acids is 1. The summed E-state index contributed by atoms with van der Waals surface area (Å²) in [4.78, 5) is 12.1. The van der Waals surface area contributed by atoms with Crippen molar-refractivity contribution in [2.75, 3.05) is 0 Å². The van der Waals surface area contributed by atoms with Gasteiger partial charge in [0.05, 0.1) is 4.90 Å². The lowest BCUT2D eigenvalue weighted by Gasteiger charge is -2.10. The summed E-state index contributed by atoms with van der Waals surface area (Å²) in [5.41, 5.74) is 0.618. The van der Waals surface area contributed by atoms with Crippen LogP contribution in [0.15, 0.2) is 29.2 Å². The molecule has 0 bridgehead atoms. The normalized spacial score (nSPS) is 19.4. The zero-order valence-corrected chi connectivity index (χ0v) is 11.4. The van der Waals surface area contributed by atoms with E-state index in [0.29, 0.717) is 5.56 Å². The Bertz CT molecular complexity index is 601. The summed E-state index contributed by atoms with van der Waals surface area (Å²) < 4.78 is 27.2. The Labute approximate surface area is 113 Å². The number of hydrogen-bond acceptors (Lipinski definition) is 3. The molecule has 2 fully saturated rings. The van der Waals surface area contributed by atoms with Crippen molar-refractivity contribution in [3.05, 3.63) is 29.8 Å². The summed E-state index contributed by atoms with van der Waals surface area (Å²) >= 11 is 0. The van der Waals surface area contributed by atoms with Crippen molar-refractivity contribution in [2.45, 2.75) is 43.0 Å². The van der Waals surface area contributed by atoms with Crippen LogP contribution < -0.4 is 4.72 Å². The number of nitrogens with one attached hydrogen (secondary N) is 1. The zero-order valence-electron chi connectivity index (χ0n) is 10.6. The van der Waals surface area contributed by atoms with Gasteiger partial charge in [-0.25, -0.2) is 13.1 Å². The van der Waals surface area contributed by atoms with Crippen molar-refractivity contribution < 1.29 is 13.2 Å². The Kier molecular flexibility index (Phi) is 3.19. The lowest BCUT2D eigenvalue weighted by Crippen LogP contribution is -2.27. The third-order valence-corrected chi connectivity index (χ3v) is 5.18. The minimum atomic E-state index is -3.48. The molecule has 1 aromatic carbocycles. The Morgan fingerprint density at radius 3 is 2.47 bits per heavy atom. The number of hydrogen-bond donors (Lipinski definition) is 1. The highest BCUT2D eigenvalue weighted by atomic mass is 32.2. The fourth-order valence-corrected chi connectivity index (χ4v) is 3.68. The maximum Gasteiger partial charge on any atom is 0.241 e. The Hall–Kier alpha value is -1.20. The van der Waals surface area contributed by atoms with Gasteiger partial charge >= 0.3 is 0 Å². The monoisotopic (exact) mass is 279 g/mol. The molecule has 102 valence electrons. The van der Waals surface area contributed by atoms with Crippen molar-refractivity contribution in [3.8, 4) is 0 Å². The van der Waals surface area contributed by atoms with Crippen LogP contribution >= 0.6 is 0 Å². The smallest absolute Gasteiger partial charge is 0.241 e. The van der Waals surface area contributed by atoms with Crippen molar-refractivity contribution >= 4 is 15.8 Å². The van der Waals surface area contributed by atoms with E-state index >= 15 is 0 Å². The molecule has 2 aliphatic carbocycles. The lowest BCUT2D eigenvalue weighted by molar-refractivity contribution is -0.119. The summed E-state index contributed by atoms with van der Waals surface area (Å²) in [6, 6.07) is 6.89. The van der Waals surface area contributed by atoms with Gasteiger partial charge in [-0.1, -0.05) is 18.2 Å². The molecular formula is C14H17NO3S. The Morgan fingerprint density at radius 1 is 1.16 bits per heavy atom. The zero-order chi connectivity index (χ0) is 13.5. The lowest BCUT2D eigenvalue weighted by atomic mass is 10.1. The molecule has 0 aliphatic heterocycles. The van der Waals surface area contributed by atoms with Crippen LogP contribution in [0.25, 0.3) is 0 Å². The van der Waals surface area contributed by atoms with Crippen molar-refractivity contribution in [2.24, 2.45) is 5.92 Å². The van der Waals surface area contributed by atoms with Crippen molar-refractivity contribution in [1.29, 1.82) is 0 Å². The molecule has 0 saturated heterocycles. The van der Waals surface area contributed by atoms with Crippen LogP contribution in [0.4, 0.5) is 0 Å². The highest BCUT2D eigenvalue weighted by Gasteiger charge is 2.32. The minimum Gasteiger partial charge on any atom is -0.299 e. The molecule has 1 N–H and O–H groups in total. The molecule has 1 aromatic rings. The molecule has 0 radical (unpaired) electrons. The molecule has 0 atom stereocenters. The fraction of sp³-hybridized carbons (Fsp3) is 0.500. The van der Waals surface area contributed by atoms with Crippen LogP contribution in [0.3, 0.4) is 0 Å². The molecule has 19 heavy (non-hydrogen) atoms. The minimum absolute atomic E-state index is 0.0807. The number of ketones is 1. The molecular weight excluding hydrogens is 262 g/mol. The second-order valence-corrected chi connectivity index (χ2v) is 7.10. The van der Waals surface area contributed by atoms with E-state index in [9.17, 15) is 13.2 Å². The van der Waals surface area contributed by atoms with E-state index in [1.54, 1.807) is 24.3 Å². The summed E-state index contributed by atoms with van der Waals surface area (Å²) in [5.74, 6) is 0.321. The van der Waals surface area contributed by atoms with Gasteiger partial charge in [0.1, 0.15) is 5.78 Å². The standard InChI is InChI=1S/C14H17NO3S/c16-13(10-5-6-10)9-11-3-1-2-4-14(11)19(17,18)15-12-7-8-12/h1-4,10,12,15H,5-9H2. The van der Waals surface area contributed by atoms with Gasteiger partial charge in [0.25, 0.3) is 0 Å². The van der Waals surface area contributed by atoms with E-state index in [1.807, 2.05) is 0 Å². The third-order valence-electron chi connectivity index (χ3n) is 3.56. The Balaban J connectivity index is 1.85. The van der Waals surface area contributed by atoms with Gasteiger partial charge in [0.2, 0.25) is 10.0 Å². The van der Waals surface area contributed by atoms with Gasteiger partial charge in [0.15, 0.2) is 0 Å². The summed E-state index contributed by atoms with van der Waals surface area (Å²) in [6.07, 6.45) is 3.94. The number of benzene rings is 1. The first-order valence-corrected chi connectivity index (χ1v) is 8.17. The molecule has 0 heterocycles. The maximum atomic E-state index is 12.2. The topological polar surface area (TPSA) is 63.2 Å². The molecule has 2 aliphatic rings. The Morgan fingerprint density at radius 2 is 1.84 bits per heavy atom. The quantitative estimate of drug-likeness (QED) is 0.861. The first-order valence-electron chi connectivity index (χ1n) is 6.69. The van der Waals surface area contributed by atoms with E-state index in [4.69, 9.17) is 0 Å². The van der Waals surface area contributed by atoms with Crippen LogP contribution in [-0.4, -0.2) is 20.2 Å². The SMILES string of the molecule is O=C(Cc1ccccc1S(=O)(=O)NC1CC1)C1CC1. The average molecular weight is 279 g/mol. The largest absolute Gasteiger partial charge is 0.299 e. The van der Waals surface area contributed by atoms with E-state index in [2.05, 4.69) is 4.72 Å². The molecule has 2 saturated carbocycles. The first kappa shape index (κ1) is 12.8. The van der Waals surface area contributed by atoms with Gasteiger partial charge in [-0.2, -0.15) is 0 Å². The van der Waals surface area contributed by atoms with Gasteiger partial charge in [-0.3, -0.25) is 4.79 Å². The first-order chi connectivity index (χ1) is 9.06. The molecule has 0 amide bonds. The van der Waals surface area contributed by atoms with Crippen molar-refractivity contribution in [1.82, 2.24) is 4.72 Å². The number of rotatable bonds is 6. The van der Waals surface area contributed by atoms with E-state index in [1.165, 1.54) is 0 Å². The van der Waals surface area contributed by atoms with Crippen LogP contribution in [0.1, 0.15) is 31.2 Å².